The number of anilines is 2. The number of aryl methyl sites for hydroxylation is 1. The van der Waals surface area contributed by atoms with E-state index in [1.807, 2.05) is 0 Å². The van der Waals surface area contributed by atoms with E-state index >= 15 is 0 Å². The van der Waals surface area contributed by atoms with Gasteiger partial charge in [-0.2, -0.15) is 0 Å². The Kier molecular flexibility index (Phi) is 5.02. The van der Waals surface area contributed by atoms with Crippen LogP contribution in [-0.4, -0.2) is 29.1 Å². The topological polar surface area (TPSA) is 83.6 Å². The van der Waals surface area contributed by atoms with Crippen LogP contribution >= 0.6 is 22.9 Å². The summed E-state index contributed by atoms with van der Waals surface area (Å²) in [5, 5.41) is 0. The minimum absolute atomic E-state index is 0.00388. The highest BCUT2D eigenvalue weighted by atomic mass is 35.5. The van der Waals surface area contributed by atoms with Gasteiger partial charge in [0.25, 0.3) is 10.0 Å². The normalized spacial score (nSPS) is 15.0. The third kappa shape index (κ3) is 3.79. The van der Waals surface area contributed by atoms with Gasteiger partial charge in [0.1, 0.15) is 4.21 Å². The molecule has 1 aromatic carbocycles. The molecule has 2 aromatic rings. The lowest BCUT2D eigenvalue weighted by Crippen LogP contribution is -2.36. The van der Waals surface area contributed by atoms with Gasteiger partial charge < -0.3 is 0 Å². The van der Waals surface area contributed by atoms with Crippen LogP contribution in [0.5, 0.6) is 0 Å². The summed E-state index contributed by atoms with van der Waals surface area (Å²) in [6.45, 7) is 2.00. The van der Waals surface area contributed by atoms with Crippen molar-refractivity contribution in [1.29, 1.82) is 0 Å². The lowest BCUT2D eigenvalue weighted by Gasteiger charge is -2.30. The Morgan fingerprint density at radius 2 is 1.96 bits per heavy atom. The van der Waals surface area contributed by atoms with Gasteiger partial charge in [-0.1, -0.05) is 17.7 Å². The average Bonchev–Trinajstić information content (AvgIpc) is 3.01. The van der Waals surface area contributed by atoms with Crippen molar-refractivity contribution in [2.45, 2.75) is 24.0 Å². The molecule has 3 rings (SSSR count). The van der Waals surface area contributed by atoms with Gasteiger partial charge in [0, 0.05) is 6.54 Å². The molecule has 25 heavy (non-hydrogen) atoms. The highest BCUT2D eigenvalue weighted by Crippen LogP contribution is 2.33. The molecule has 0 bridgehead atoms. The van der Waals surface area contributed by atoms with Gasteiger partial charge in [-0.15, -0.1) is 11.3 Å². The van der Waals surface area contributed by atoms with E-state index in [0.29, 0.717) is 22.3 Å². The number of nitrogens with one attached hydrogen (secondary N) is 1. The fourth-order valence-electron chi connectivity index (χ4n) is 2.70. The molecule has 0 saturated carbocycles. The van der Waals surface area contributed by atoms with E-state index in [-0.39, 0.29) is 9.96 Å². The number of hydrogen-bond acceptors (Lipinski definition) is 5. The van der Waals surface area contributed by atoms with E-state index in [1.54, 1.807) is 25.1 Å². The van der Waals surface area contributed by atoms with Crippen LogP contribution in [0.25, 0.3) is 0 Å². The second-order valence-corrected chi connectivity index (χ2v) is 11.4. The van der Waals surface area contributed by atoms with Gasteiger partial charge in [0.05, 0.1) is 21.5 Å². The number of rotatable bonds is 5. The molecule has 0 unspecified atom stereocenters. The zero-order chi connectivity index (χ0) is 18.2. The molecular formula is C15H17ClN2O4S3. The summed E-state index contributed by atoms with van der Waals surface area (Å²) in [5.41, 5.74) is 1.75. The maximum Gasteiger partial charge on any atom is 0.271 e. The SMILES string of the molecule is CCS(=O)(=O)N1CCCc2ccc(NS(=O)(=O)c3ccc(Cl)s3)cc21. The largest absolute Gasteiger partial charge is 0.279 e. The first-order valence-corrected chi connectivity index (χ1v) is 11.9. The van der Waals surface area contributed by atoms with Gasteiger partial charge in [0.2, 0.25) is 10.0 Å². The van der Waals surface area contributed by atoms with Crippen molar-refractivity contribution < 1.29 is 16.8 Å². The molecule has 1 N–H and O–H groups in total. The molecule has 0 saturated heterocycles. The van der Waals surface area contributed by atoms with Crippen molar-refractivity contribution in [3.05, 3.63) is 40.2 Å². The van der Waals surface area contributed by atoms with Crippen LogP contribution in [0.15, 0.2) is 34.5 Å². The Morgan fingerprint density at radius 3 is 2.60 bits per heavy atom. The van der Waals surface area contributed by atoms with E-state index < -0.39 is 20.0 Å². The van der Waals surface area contributed by atoms with Gasteiger partial charge in [0.15, 0.2) is 0 Å². The molecule has 0 radical (unpaired) electrons. The van der Waals surface area contributed by atoms with Crippen LogP contribution in [0.4, 0.5) is 11.4 Å². The van der Waals surface area contributed by atoms with Crippen LogP contribution in [0.1, 0.15) is 18.9 Å². The zero-order valence-corrected chi connectivity index (χ0v) is 16.6. The van der Waals surface area contributed by atoms with Crippen molar-refractivity contribution in [1.82, 2.24) is 0 Å². The molecular weight excluding hydrogens is 404 g/mol. The highest BCUT2D eigenvalue weighted by molar-refractivity contribution is 7.94. The minimum Gasteiger partial charge on any atom is -0.279 e. The molecule has 1 aliphatic heterocycles. The van der Waals surface area contributed by atoms with Crippen molar-refractivity contribution in [3.8, 4) is 0 Å². The molecule has 136 valence electrons. The smallest absolute Gasteiger partial charge is 0.271 e. The van der Waals surface area contributed by atoms with Gasteiger partial charge >= 0.3 is 0 Å². The molecule has 0 fully saturated rings. The Bertz CT molecular complexity index is 1000. The van der Waals surface area contributed by atoms with E-state index in [1.165, 1.54) is 16.4 Å². The summed E-state index contributed by atoms with van der Waals surface area (Å²) in [7, 11) is -7.16. The monoisotopic (exact) mass is 420 g/mol. The van der Waals surface area contributed by atoms with Gasteiger partial charge in [-0.3, -0.25) is 9.03 Å². The summed E-state index contributed by atoms with van der Waals surface area (Å²) in [6.07, 6.45) is 1.50. The summed E-state index contributed by atoms with van der Waals surface area (Å²) in [6, 6.07) is 7.94. The first-order valence-electron chi connectivity index (χ1n) is 7.64. The summed E-state index contributed by atoms with van der Waals surface area (Å²) in [4.78, 5) is 0. The number of sulfonamides is 2. The Labute approximate surface area is 156 Å². The summed E-state index contributed by atoms with van der Waals surface area (Å²) >= 11 is 6.76. The van der Waals surface area contributed by atoms with Crippen LogP contribution in [0, 0.1) is 0 Å². The fourth-order valence-corrected chi connectivity index (χ4v) is 6.42. The predicted molar refractivity (Wildman–Crippen MR) is 102 cm³/mol. The van der Waals surface area contributed by atoms with Crippen LogP contribution in [-0.2, 0) is 26.5 Å². The summed E-state index contributed by atoms with van der Waals surface area (Å²) in [5.74, 6) is -0.00388. The number of thiophene rings is 1. The van der Waals surface area contributed by atoms with E-state index in [4.69, 9.17) is 11.6 Å². The van der Waals surface area contributed by atoms with Crippen LogP contribution in [0.3, 0.4) is 0 Å². The third-order valence-corrected chi connectivity index (χ3v) is 8.81. The average molecular weight is 421 g/mol. The van der Waals surface area contributed by atoms with Crippen LogP contribution in [0.2, 0.25) is 4.34 Å². The minimum atomic E-state index is -3.76. The molecule has 1 aliphatic rings. The standard InChI is InChI=1S/C15H17ClN2O4S3/c1-2-24(19,20)18-9-3-4-11-5-6-12(10-13(11)18)17-25(21,22)15-8-7-14(16)23-15/h5-8,10,17H,2-4,9H2,1H3. The Morgan fingerprint density at radius 1 is 1.20 bits per heavy atom. The first kappa shape index (κ1) is 18.5. The molecule has 0 aliphatic carbocycles. The molecule has 0 spiro atoms. The van der Waals surface area contributed by atoms with Crippen molar-refractivity contribution >= 4 is 54.4 Å². The van der Waals surface area contributed by atoms with E-state index in [2.05, 4.69) is 4.72 Å². The second kappa shape index (κ2) is 6.79. The second-order valence-electron chi connectivity index (χ2n) is 5.58. The maximum absolute atomic E-state index is 12.4. The molecule has 1 aromatic heterocycles. The predicted octanol–water partition coefficient (Wildman–Crippen LogP) is 3.30. The Hall–Kier alpha value is -1.29. The van der Waals surface area contributed by atoms with Crippen molar-refractivity contribution in [3.63, 3.8) is 0 Å². The number of hydrogen-bond donors (Lipinski definition) is 1. The maximum atomic E-state index is 12.4. The molecule has 0 atom stereocenters. The van der Waals surface area contributed by atoms with E-state index in [9.17, 15) is 16.8 Å². The molecule has 0 amide bonds. The number of benzene rings is 1. The van der Waals surface area contributed by atoms with Crippen molar-refractivity contribution in [2.24, 2.45) is 0 Å². The van der Waals surface area contributed by atoms with Gasteiger partial charge in [-0.25, -0.2) is 16.8 Å². The first-order chi connectivity index (χ1) is 11.7. The number of fused-ring (bicyclic) bond motifs is 1. The number of halogens is 1. The third-order valence-electron chi connectivity index (χ3n) is 3.93. The summed E-state index contributed by atoms with van der Waals surface area (Å²) < 4.78 is 53.8. The molecule has 6 nitrogen and oxygen atoms in total. The van der Waals surface area contributed by atoms with Crippen LogP contribution < -0.4 is 9.03 Å². The highest BCUT2D eigenvalue weighted by Gasteiger charge is 2.27. The zero-order valence-electron chi connectivity index (χ0n) is 13.4. The molecule has 2 heterocycles. The van der Waals surface area contributed by atoms with Gasteiger partial charge in [-0.05, 0) is 49.6 Å². The van der Waals surface area contributed by atoms with E-state index in [0.717, 1.165) is 29.7 Å². The lowest BCUT2D eigenvalue weighted by atomic mass is 10.0. The quantitative estimate of drug-likeness (QED) is 0.804. The Balaban J connectivity index is 1.96. The van der Waals surface area contributed by atoms with Crippen molar-refractivity contribution in [2.75, 3.05) is 21.3 Å². The number of nitrogens with zero attached hydrogens (tertiary/aromatic N) is 1. The molecule has 10 heteroatoms. The lowest BCUT2D eigenvalue weighted by molar-refractivity contribution is 0.588. The fraction of sp³-hybridized carbons (Fsp3) is 0.333.